The van der Waals surface area contributed by atoms with E-state index >= 15 is 0 Å². The van der Waals surface area contributed by atoms with E-state index in [4.69, 9.17) is 0 Å². The van der Waals surface area contributed by atoms with Crippen LogP contribution < -0.4 is 10.2 Å². The molecule has 0 bridgehead atoms. The number of nitrogens with zero attached hydrogens (tertiary/aromatic N) is 2. The Bertz CT molecular complexity index is 981. The molecule has 1 N–H and O–H groups in total. The van der Waals surface area contributed by atoms with E-state index in [2.05, 4.69) is 21.2 Å². The number of nitrogens with one attached hydrogen (secondary N) is 1. The number of likely N-dealkylation sites (N-methyl/N-ethyl adjacent to an activating group) is 1. The zero-order chi connectivity index (χ0) is 19.3. The Labute approximate surface area is 166 Å². The number of rotatable bonds is 2. The molecule has 138 valence electrons. The zero-order valence-corrected chi connectivity index (χ0v) is 17.0. The lowest BCUT2D eigenvalue weighted by Crippen LogP contribution is -2.45. The summed E-state index contributed by atoms with van der Waals surface area (Å²) >= 11 is 3.43. The first-order valence-electron chi connectivity index (χ1n) is 8.78. The van der Waals surface area contributed by atoms with Crippen LogP contribution in [0.3, 0.4) is 0 Å². The fourth-order valence-electron chi connectivity index (χ4n) is 3.57. The molecule has 3 amide bonds. The van der Waals surface area contributed by atoms with Gasteiger partial charge >= 0.3 is 6.03 Å². The van der Waals surface area contributed by atoms with E-state index in [9.17, 15) is 9.59 Å². The van der Waals surface area contributed by atoms with Crippen LogP contribution >= 0.6 is 15.9 Å². The molecular formula is C21H20BrN3O2. The van der Waals surface area contributed by atoms with E-state index in [1.54, 1.807) is 16.8 Å². The molecule has 0 unspecified atom stereocenters. The Morgan fingerprint density at radius 2 is 1.74 bits per heavy atom. The Morgan fingerprint density at radius 1 is 1.04 bits per heavy atom. The number of anilines is 1. The lowest BCUT2D eigenvalue weighted by Gasteiger charge is -2.31. The molecule has 27 heavy (non-hydrogen) atoms. The van der Waals surface area contributed by atoms with Crippen LogP contribution in [0.1, 0.15) is 22.7 Å². The molecule has 2 aliphatic rings. The molecular weight excluding hydrogens is 406 g/mol. The second kappa shape index (κ2) is 6.53. The molecule has 2 aliphatic heterocycles. The standard InChI is InChI=1S/C21H20BrN3O2/c1-12-4-9-16(10-13(12)2)25-11-17-18(20(25)26)19(23-21(27)24(17)3)14-5-7-15(22)8-6-14/h4-10,19H,11H2,1-3H3,(H,23,27)/t19-/m0/s1. The van der Waals surface area contributed by atoms with Crippen molar-refractivity contribution in [3.05, 3.63) is 74.9 Å². The van der Waals surface area contributed by atoms with Gasteiger partial charge in [0, 0.05) is 17.2 Å². The van der Waals surface area contributed by atoms with Gasteiger partial charge in [0.15, 0.2) is 0 Å². The summed E-state index contributed by atoms with van der Waals surface area (Å²) in [6.45, 7) is 4.48. The molecule has 2 aromatic rings. The molecule has 0 radical (unpaired) electrons. The number of amides is 3. The predicted molar refractivity (Wildman–Crippen MR) is 108 cm³/mol. The quantitative estimate of drug-likeness (QED) is 0.788. The maximum atomic E-state index is 13.3. The van der Waals surface area contributed by atoms with Crippen molar-refractivity contribution in [2.45, 2.75) is 19.9 Å². The van der Waals surface area contributed by atoms with Crippen LogP contribution in [0.5, 0.6) is 0 Å². The summed E-state index contributed by atoms with van der Waals surface area (Å²) in [6, 6.07) is 13.1. The second-order valence-electron chi connectivity index (χ2n) is 7.01. The normalized spacial score (nSPS) is 19.5. The Hall–Kier alpha value is -2.60. The second-order valence-corrected chi connectivity index (χ2v) is 7.93. The average molecular weight is 426 g/mol. The first-order valence-corrected chi connectivity index (χ1v) is 9.58. The van der Waals surface area contributed by atoms with Crippen molar-refractivity contribution in [3.8, 4) is 0 Å². The van der Waals surface area contributed by atoms with E-state index in [0.717, 1.165) is 27.0 Å². The molecule has 1 atom stereocenters. The van der Waals surface area contributed by atoms with Crippen molar-refractivity contribution in [1.29, 1.82) is 0 Å². The molecule has 0 fully saturated rings. The summed E-state index contributed by atoms with van der Waals surface area (Å²) in [6.07, 6.45) is 0. The molecule has 6 heteroatoms. The van der Waals surface area contributed by atoms with Gasteiger partial charge in [0.2, 0.25) is 0 Å². The molecule has 4 rings (SSSR count). The minimum Gasteiger partial charge on any atom is -0.327 e. The molecule has 0 spiro atoms. The van der Waals surface area contributed by atoms with Gasteiger partial charge in [-0.3, -0.25) is 9.69 Å². The summed E-state index contributed by atoms with van der Waals surface area (Å²) in [5.41, 5.74) is 5.46. The van der Waals surface area contributed by atoms with Crippen LogP contribution in [-0.4, -0.2) is 30.4 Å². The summed E-state index contributed by atoms with van der Waals surface area (Å²) in [7, 11) is 1.71. The number of halogens is 1. The van der Waals surface area contributed by atoms with Crippen molar-refractivity contribution in [2.24, 2.45) is 0 Å². The summed E-state index contributed by atoms with van der Waals surface area (Å²) in [4.78, 5) is 29.1. The molecule has 0 aliphatic carbocycles. The topological polar surface area (TPSA) is 52.7 Å². The van der Waals surface area contributed by atoms with Crippen molar-refractivity contribution < 1.29 is 9.59 Å². The number of hydrogen-bond donors (Lipinski definition) is 1. The fraction of sp³-hybridized carbons (Fsp3) is 0.238. The lowest BCUT2D eigenvalue weighted by atomic mass is 9.96. The third-order valence-corrected chi connectivity index (χ3v) is 5.89. The average Bonchev–Trinajstić information content (AvgIpc) is 2.99. The van der Waals surface area contributed by atoms with E-state index in [0.29, 0.717) is 12.1 Å². The highest BCUT2D eigenvalue weighted by Crippen LogP contribution is 2.38. The number of carbonyl (C=O) groups excluding carboxylic acids is 2. The van der Waals surface area contributed by atoms with Gasteiger partial charge in [-0.1, -0.05) is 34.1 Å². The molecule has 0 saturated heterocycles. The van der Waals surface area contributed by atoms with Crippen LogP contribution in [0.4, 0.5) is 10.5 Å². The number of aryl methyl sites for hydroxylation is 2. The van der Waals surface area contributed by atoms with Gasteiger partial charge in [0.25, 0.3) is 5.91 Å². The van der Waals surface area contributed by atoms with Gasteiger partial charge in [-0.05, 0) is 54.8 Å². The lowest BCUT2D eigenvalue weighted by molar-refractivity contribution is -0.114. The number of hydrogen-bond acceptors (Lipinski definition) is 2. The van der Waals surface area contributed by atoms with Gasteiger partial charge in [-0.15, -0.1) is 0 Å². The van der Waals surface area contributed by atoms with Crippen molar-refractivity contribution in [1.82, 2.24) is 10.2 Å². The molecule has 2 heterocycles. The van der Waals surface area contributed by atoms with Gasteiger partial charge in [-0.2, -0.15) is 0 Å². The Balaban J connectivity index is 1.76. The molecule has 5 nitrogen and oxygen atoms in total. The van der Waals surface area contributed by atoms with Crippen LogP contribution in [0.15, 0.2) is 58.2 Å². The highest BCUT2D eigenvalue weighted by molar-refractivity contribution is 9.10. The Kier molecular flexibility index (Phi) is 4.30. The smallest absolute Gasteiger partial charge is 0.322 e. The van der Waals surface area contributed by atoms with E-state index in [1.165, 1.54) is 5.56 Å². The van der Waals surface area contributed by atoms with Crippen LogP contribution in [0, 0.1) is 13.8 Å². The molecule has 0 aromatic heterocycles. The highest BCUT2D eigenvalue weighted by Gasteiger charge is 2.43. The largest absolute Gasteiger partial charge is 0.327 e. The SMILES string of the molecule is Cc1ccc(N2CC3=C(C2=O)[C@H](c2ccc(Br)cc2)NC(=O)N3C)cc1C. The number of carbonyl (C=O) groups is 2. The molecule has 2 aromatic carbocycles. The van der Waals surface area contributed by atoms with Crippen LogP contribution in [0.2, 0.25) is 0 Å². The van der Waals surface area contributed by atoms with Crippen LogP contribution in [0.25, 0.3) is 0 Å². The summed E-state index contributed by atoms with van der Waals surface area (Å²) in [5, 5.41) is 2.96. The predicted octanol–water partition coefficient (Wildman–Crippen LogP) is 4.06. The maximum Gasteiger partial charge on any atom is 0.322 e. The maximum absolute atomic E-state index is 13.3. The van der Waals surface area contributed by atoms with E-state index in [1.807, 2.05) is 56.3 Å². The van der Waals surface area contributed by atoms with Crippen molar-refractivity contribution >= 4 is 33.6 Å². The van der Waals surface area contributed by atoms with E-state index in [-0.39, 0.29) is 11.9 Å². The Morgan fingerprint density at radius 3 is 2.41 bits per heavy atom. The van der Waals surface area contributed by atoms with E-state index < -0.39 is 6.04 Å². The van der Waals surface area contributed by atoms with Gasteiger partial charge in [-0.25, -0.2) is 4.79 Å². The number of urea groups is 1. The van der Waals surface area contributed by atoms with Crippen molar-refractivity contribution in [3.63, 3.8) is 0 Å². The van der Waals surface area contributed by atoms with Gasteiger partial charge < -0.3 is 10.2 Å². The first kappa shape index (κ1) is 17.8. The monoisotopic (exact) mass is 425 g/mol. The van der Waals surface area contributed by atoms with Gasteiger partial charge in [0.1, 0.15) is 0 Å². The molecule has 0 saturated carbocycles. The fourth-order valence-corrected chi connectivity index (χ4v) is 3.84. The summed E-state index contributed by atoms with van der Waals surface area (Å²) < 4.78 is 0.953. The summed E-state index contributed by atoms with van der Waals surface area (Å²) in [5.74, 6) is -0.0620. The minimum absolute atomic E-state index is 0.0620. The first-order chi connectivity index (χ1) is 12.9. The van der Waals surface area contributed by atoms with Crippen LogP contribution in [-0.2, 0) is 4.79 Å². The van der Waals surface area contributed by atoms with Gasteiger partial charge in [0.05, 0.1) is 23.9 Å². The highest BCUT2D eigenvalue weighted by atomic mass is 79.9. The third kappa shape index (κ3) is 2.94. The van der Waals surface area contributed by atoms with Crippen molar-refractivity contribution in [2.75, 3.05) is 18.5 Å². The minimum atomic E-state index is -0.444. The number of benzene rings is 2. The third-order valence-electron chi connectivity index (χ3n) is 5.37. The zero-order valence-electron chi connectivity index (χ0n) is 15.4.